The van der Waals surface area contributed by atoms with E-state index in [4.69, 9.17) is 0 Å². The van der Waals surface area contributed by atoms with Crippen LogP contribution in [0.2, 0.25) is 0 Å². The third-order valence-corrected chi connectivity index (χ3v) is 5.20. The average Bonchev–Trinajstić information content (AvgIpc) is 2.70. The van der Waals surface area contributed by atoms with Crippen LogP contribution in [0, 0.1) is 0 Å². The first-order valence-corrected chi connectivity index (χ1v) is 7.28. The third kappa shape index (κ3) is 1.94. The van der Waals surface area contributed by atoms with Crippen molar-refractivity contribution in [1.29, 1.82) is 0 Å². The van der Waals surface area contributed by atoms with Gasteiger partial charge in [0.1, 0.15) is 11.2 Å². The van der Waals surface area contributed by atoms with Gasteiger partial charge in [0.2, 0.25) is 0 Å². The molecule has 2 nitrogen and oxygen atoms in total. The molecule has 1 spiro atoms. The largest absolute Gasteiger partial charge is 0.176 e. The minimum Gasteiger partial charge on any atom is -0.176 e. The molecule has 1 heterocycles. The number of rotatable bonds is 1. The maximum atomic E-state index is 4.61. The number of hydrogen-bond donors (Lipinski definition) is 0. The van der Waals surface area contributed by atoms with Crippen molar-refractivity contribution in [2.45, 2.75) is 37.6 Å². The molecular weight excluding hydrogens is 323 g/mol. The van der Waals surface area contributed by atoms with E-state index < -0.39 is 0 Å². The molecule has 1 fully saturated rings. The Morgan fingerprint density at radius 1 is 1.00 bits per heavy atom. The summed E-state index contributed by atoms with van der Waals surface area (Å²) in [6.07, 6.45) is 6.26. The van der Waals surface area contributed by atoms with E-state index in [1.54, 1.807) is 0 Å². The fourth-order valence-electron chi connectivity index (χ4n) is 2.69. The predicted molar refractivity (Wildman–Crippen MR) is 78.1 cm³/mol. The standard InChI is InChI=1S/C14H15IN2/c15-13-12(11-7-3-1-4-8-11)16-17-14(13)9-5-2-6-10-14/h1,3-4,7-8H,2,5-6,9-10H2. The van der Waals surface area contributed by atoms with E-state index in [2.05, 4.69) is 57.1 Å². The van der Waals surface area contributed by atoms with Gasteiger partial charge in [0.15, 0.2) is 0 Å². The first-order chi connectivity index (χ1) is 8.32. The molecule has 0 aromatic heterocycles. The van der Waals surface area contributed by atoms with Gasteiger partial charge in [-0.3, -0.25) is 0 Å². The molecule has 1 aromatic carbocycles. The molecule has 1 aliphatic heterocycles. The van der Waals surface area contributed by atoms with Gasteiger partial charge >= 0.3 is 0 Å². The maximum Gasteiger partial charge on any atom is 0.115 e. The topological polar surface area (TPSA) is 24.7 Å². The second kappa shape index (κ2) is 4.52. The minimum atomic E-state index is 0.0317. The Kier molecular flexibility index (Phi) is 3.03. The molecule has 88 valence electrons. The molecule has 0 radical (unpaired) electrons. The Labute approximate surface area is 115 Å². The lowest BCUT2D eigenvalue weighted by Crippen LogP contribution is -2.27. The number of hydrogen-bond acceptors (Lipinski definition) is 2. The summed E-state index contributed by atoms with van der Waals surface area (Å²) in [6.45, 7) is 0. The van der Waals surface area contributed by atoms with Crippen LogP contribution in [0.5, 0.6) is 0 Å². The van der Waals surface area contributed by atoms with Crippen molar-refractivity contribution in [2.24, 2.45) is 10.2 Å². The van der Waals surface area contributed by atoms with Gasteiger partial charge in [-0.05, 0) is 35.4 Å². The van der Waals surface area contributed by atoms with Gasteiger partial charge in [0.05, 0.1) is 0 Å². The fourth-order valence-corrected chi connectivity index (χ4v) is 3.76. The van der Waals surface area contributed by atoms with E-state index in [9.17, 15) is 0 Å². The fraction of sp³-hybridized carbons (Fsp3) is 0.429. The highest BCUT2D eigenvalue weighted by Gasteiger charge is 2.40. The van der Waals surface area contributed by atoms with Crippen LogP contribution in [0.3, 0.4) is 0 Å². The van der Waals surface area contributed by atoms with E-state index in [-0.39, 0.29) is 5.54 Å². The van der Waals surface area contributed by atoms with Crippen LogP contribution in [-0.4, -0.2) is 5.54 Å². The van der Waals surface area contributed by atoms with Crippen molar-refractivity contribution in [3.8, 4) is 0 Å². The molecule has 2 aliphatic rings. The Morgan fingerprint density at radius 2 is 1.71 bits per heavy atom. The summed E-state index contributed by atoms with van der Waals surface area (Å²) in [4.78, 5) is 0. The zero-order chi connectivity index (χ0) is 11.7. The Morgan fingerprint density at radius 3 is 2.41 bits per heavy atom. The van der Waals surface area contributed by atoms with Crippen molar-refractivity contribution >= 4 is 28.3 Å². The van der Waals surface area contributed by atoms with E-state index in [0.29, 0.717) is 0 Å². The van der Waals surface area contributed by atoms with Crippen LogP contribution in [0.25, 0.3) is 5.70 Å². The second-order valence-electron chi connectivity index (χ2n) is 4.82. The van der Waals surface area contributed by atoms with E-state index in [1.807, 2.05) is 6.07 Å². The first kappa shape index (κ1) is 11.4. The highest BCUT2D eigenvalue weighted by Crippen LogP contribution is 2.48. The lowest BCUT2D eigenvalue weighted by atomic mass is 9.82. The van der Waals surface area contributed by atoms with Gasteiger partial charge in [-0.1, -0.05) is 49.6 Å². The van der Waals surface area contributed by atoms with E-state index >= 15 is 0 Å². The summed E-state index contributed by atoms with van der Waals surface area (Å²) in [5, 5.41) is 9.07. The Hall–Kier alpha value is -0.710. The van der Waals surface area contributed by atoms with Crippen molar-refractivity contribution in [2.75, 3.05) is 0 Å². The number of benzene rings is 1. The predicted octanol–water partition coefficient (Wildman–Crippen LogP) is 4.96. The molecular formula is C14H15IN2. The molecule has 0 bridgehead atoms. The van der Waals surface area contributed by atoms with Gasteiger partial charge in [-0.2, -0.15) is 10.2 Å². The summed E-state index contributed by atoms with van der Waals surface area (Å²) in [6, 6.07) is 10.4. The lowest BCUT2D eigenvalue weighted by Gasteiger charge is -2.29. The molecule has 0 amide bonds. The van der Waals surface area contributed by atoms with Crippen molar-refractivity contribution < 1.29 is 0 Å². The smallest absolute Gasteiger partial charge is 0.115 e. The van der Waals surface area contributed by atoms with E-state index in [0.717, 1.165) is 5.70 Å². The highest BCUT2D eigenvalue weighted by molar-refractivity contribution is 14.1. The zero-order valence-electron chi connectivity index (χ0n) is 9.69. The SMILES string of the molecule is IC1=C(c2ccccc2)N=NC12CCCCC2. The van der Waals surface area contributed by atoms with Gasteiger partial charge < -0.3 is 0 Å². The molecule has 3 rings (SSSR count). The molecule has 1 saturated carbocycles. The molecule has 17 heavy (non-hydrogen) atoms. The molecule has 3 heteroatoms. The van der Waals surface area contributed by atoms with Crippen LogP contribution >= 0.6 is 22.6 Å². The van der Waals surface area contributed by atoms with Crippen molar-refractivity contribution in [3.05, 3.63) is 39.5 Å². The first-order valence-electron chi connectivity index (χ1n) is 6.20. The van der Waals surface area contributed by atoms with Crippen LogP contribution < -0.4 is 0 Å². The average molecular weight is 338 g/mol. The number of azo groups is 1. The van der Waals surface area contributed by atoms with Crippen molar-refractivity contribution in [3.63, 3.8) is 0 Å². The molecule has 0 N–H and O–H groups in total. The van der Waals surface area contributed by atoms with Gasteiger partial charge in [-0.15, -0.1) is 0 Å². The summed E-state index contributed by atoms with van der Waals surface area (Å²) >= 11 is 2.46. The molecule has 0 saturated heterocycles. The third-order valence-electron chi connectivity index (χ3n) is 3.69. The van der Waals surface area contributed by atoms with Crippen molar-refractivity contribution in [1.82, 2.24) is 0 Å². The Balaban J connectivity index is 1.99. The number of halogens is 1. The van der Waals surface area contributed by atoms with Crippen LogP contribution in [0.4, 0.5) is 0 Å². The minimum absolute atomic E-state index is 0.0317. The number of nitrogens with zero attached hydrogens (tertiary/aromatic N) is 2. The summed E-state index contributed by atoms with van der Waals surface area (Å²) in [7, 11) is 0. The molecule has 1 aliphatic carbocycles. The van der Waals surface area contributed by atoms with Gasteiger partial charge in [0.25, 0.3) is 0 Å². The molecule has 0 atom stereocenters. The summed E-state index contributed by atoms with van der Waals surface area (Å²) in [5.41, 5.74) is 2.32. The molecule has 0 unspecified atom stereocenters. The normalized spacial score (nSPS) is 22.4. The van der Waals surface area contributed by atoms with Crippen LogP contribution in [0.15, 0.2) is 44.1 Å². The monoisotopic (exact) mass is 338 g/mol. The van der Waals surface area contributed by atoms with Gasteiger partial charge in [-0.25, -0.2) is 0 Å². The van der Waals surface area contributed by atoms with Gasteiger partial charge in [0, 0.05) is 9.14 Å². The maximum absolute atomic E-state index is 4.61. The van der Waals surface area contributed by atoms with Crippen LogP contribution in [-0.2, 0) is 0 Å². The summed E-state index contributed by atoms with van der Waals surface area (Å²) < 4.78 is 1.35. The lowest BCUT2D eigenvalue weighted by molar-refractivity contribution is 0.356. The van der Waals surface area contributed by atoms with E-state index in [1.165, 1.54) is 41.2 Å². The van der Waals surface area contributed by atoms with Crippen LogP contribution in [0.1, 0.15) is 37.7 Å². The molecule has 1 aromatic rings. The summed E-state index contributed by atoms with van der Waals surface area (Å²) in [5.74, 6) is 0. The zero-order valence-corrected chi connectivity index (χ0v) is 11.9. The Bertz CT molecular complexity index is 470. The highest BCUT2D eigenvalue weighted by atomic mass is 127. The quantitative estimate of drug-likeness (QED) is 0.647. The second-order valence-corrected chi connectivity index (χ2v) is 5.90.